The van der Waals surface area contributed by atoms with Gasteiger partial charge in [0, 0.05) is 48.1 Å². The van der Waals surface area contributed by atoms with Crippen LogP contribution in [0.15, 0.2) is 72.9 Å². The van der Waals surface area contributed by atoms with Crippen LogP contribution in [0.2, 0.25) is 5.02 Å². The Morgan fingerprint density at radius 2 is 1.71 bits per heavy atom. The SMILES string of the molecule is Cc1cccc(Cl)c1COc1cnc(Nc2ccc(N3CCN(C)CC3)cc2)nc1Nc1ccccc1N. The van der Waals surface area contributed by atoms with Gasteiger partial charge in [0.1, 0.15) is 6.61 Å². The Morgan fingerprint density at radius 3 is 2.45 bits per heavy atom. The number of benzene rings is 3. The number of aryl methyl sites for hydroxylation is 1. The quantitative estimate of drug-likeness (QED) is 0.245. The minimum absolute atomic E-state index is 0.286. The summed E-state index contributed by atoms with van der Waals surface area (Å²) in [4.78, 5) is 14.0. The van der Waals surface area contributed by atoms with E-state index in [1.807, 2.05) is 61.5 Å². The van der Waals surface area contributed by atoms with Gasteiger partial charge in [-0.3, -0.25) is 0 Å². The van der Waals surface area contributed by atoms with Gasteiger partial charge in [0.25, 0.3) is 0 Å². The van der Waals surface area contributed by atoms with Gasteiger partial charge in [0.05, 0.1) is 17.6 Å². The number of likely N-dealkylation sites (N-methyl/N-ethyl adjacent to an activating group) is 1. The second-order valence-electron chi connectivity index (χ2n) is 9.40. The fourth-order valence-electron chi connectivity index (χ4n) is 4.31. The van der Waals surface area contributed by atoms with Crippen molar-refractivity contribution in [2.45, 2.75) is 13.5 Å². The third-order valence-corrected chi connectivity index (χ3v) is 7.04. The molecule has 0 radical (unpaired) electrons. The van der Waals surface area contributed by atoms with Crippen LogP contribution in [0.3, 0.4) is 0 Å². The number of ether oxygens (including phenoxy) is 1. The first-order valence-corrected chi connectivity index (χ1v) is 13.0. The van der Waals surface area contributed by atoms with Crippen LogP contribution in [0.4, 0.5) is 34.5 Å². The Labute approximate surface area is 228 Å². The Bertz CT molecular complexity index is 1370. The molecule has 5 rings (SSSR count). The molecule has 1 aromatic heterocycles. The average molecular weight is 530 g/mol. The predicted molar refractivity (Wildman–Crippen MR) is 156 cm³/mol. The third-order valence-electron chi connectivity index (χ3n) is 6.69. The lowest BCUT2D eigenvalue weighted by molar-refractivity contribution is 0.305. The summed E-state index contributed by atoms with van der Waals surface area (Å²) in [7, 11) is 2.16. The summed E-state index contributed by atoms with van der Waals surface area (Å²) in [6, 6.07) is 21.7. The lowest BCUT2D eigenvalue weighted by Crippen LogP contribution is -2.44. The molecule has 0 bridgehead atoms. The standard InChI is InChI=1S/C29H32ClN7O/c1-20-6-5-7-24(30)23(20)19-38-27-18-32-29(35-28(27)34-26-9-4-3-8-25(26)31)33-21-10-12-22(13-11-21)37-16-14-36(2)15-17-37/h3-13,18H,14-17,19,31H2,1-2H3,(H2,32,33,34,35). The number of rotatable bonds is 8. The summed E-state index contributed by atoms with van der Waals surface area (Å²) >= 11 is 6.41. The van der Waals surface area contributed by atoms with Gasteiger partial charge in [-0.05, 0) is 62.0 Å². The molecule has 1 saturated heterocycles. The highest BCUT2D eigenvalue weighted by Gasteiger charge is 2.15. The minimum Gasteiger partial charge on any atom is -0.483 e. The average Bonchev–Trinajstić information content (AvgIpc) is 2.92. The van der Waals surface area contributed by atoms with E-state index in [9.17, 15) is 0 Å². The number of anilines is 6. The normalized spacial score (nSPS) is 13.8. The van der Waals surface area contributed by atoms with Crippen LogP contribution in [0, 0.1) is 6.92 Å². The molecule has 8 nitrogen and oxygen atoms in total. The molecule has 0 aliphatic carbocycles. The van der Waals surface area contributed by atoms with Crippen LogP contribution in [0.1, 0.15) is 11.1 Å². The molecule has 0 unspecified atom stereocenters. The van der Waals surface area contributed by atoms with Gasteiger partial charge >= 0.3 is 0 Å². The topological polar surface area (TPSA) is 91.6 Å². The first-order chi connectivity index (χ1) is 18.5. The van der Waals surface area contributed by atoms with Crippen molar-refractivity contribution in [2.24, 2.45) is 0 Å². The fraction of sp³-hybridized carbons (Fsp3) is 0.241. The third kappa shape index (κ3) is 6.10. The number of para-hydroxylation sites is 2. The number of aromatic nitrogens is 2. The monoisotopic (exact) mass is 529 g/mol. The highest BCUT2D eigenvalue weighted by Crippen LogP contribution is 2.31. The number of piperazine rings is 1. The Balaban J connectivity index is 1.36. The molecule has 1 aliphatic heterocycles. The van der Waals surface area contributed by atoms with Crippen LogP contribution in [-0.2, 0) is 6.61 Å². The molecule has 0 amide bonds. The van der Waals surface area contributed by atoms with E-state index in [-0.39, 0.29) is 6.61 Å². The molecular formula is C29H32ClN7O. The van der Waals surface area contributed by atoms with E-state index >= 15 is 0 Å². The van der Waals surface area contributed by atoms with Crippen molar-refractivity contribution in [1.29, 1.82) is 0 Å². The van der Waals surface area contributed by atoms with Crippen LogP contribution >= 0.6 is 11.6 Å². The number of nitrogens with zero attached hydrogens (tertiary/aromatic N) is 4. The second kappa shape index (κ2) is 11.6. The van der Waals surface area contributed by atoms with Crippen molar-refractivity contribution < 1.29 is 4.74 Å². The van der Waals surface area contributed by atoms with Crippen molar-refractivity contribution in [3.8, 4) is 5.75 Å². The lowest BCUT2D eigenvalue weighted by atomic mass is 10.1. The maximum atomic E-state index is 6.41. The lowest BCUT2D eigenvalue weighted by Gasteiger charge is -2.34. The molecule has 38 heavy (non-hydrogen) atoms. The number of hydrogen-bond donors (Lipinski definition) is 3. The van der Waals surface area contributed by atoms with E-state index < -0.39 is 0 Å². The molecule has 9 heteroatoms. The van der Waals surface area contributed by atoms with Gasteiger partial charge in [-0.15, -0.1) is 0 Å². The van der Waals surface area contributed by atoms with Crippen molar-refractivity contribution in [1.82, 2.24) is 14.9 Å². The summed E-state index contributed by atoms with van der Waals surface area (Å²) in [5, 5.41) is 7.27. The first-order valence-electron chi connectivity index (χ1n) is 12.6. The largest absolute Gasteiger partial charge is 0.483 e. The number of nitrogens with one attached hydrogen (secondary N) is 2. The molecule has 0 atom stereocenters. The molecule has 196 valence electrons. The highest BCUT2D eigenvalue weighted by molar-refractivity contribution is 6.31. The van der Waals surface area contributed by atoms with E-state index in [2.05, 4.69) is 44.6 Å². The molecule has 3 aromatic carbocycles. The van der Waals surface area contributed by atoms with Crippen LogP contribution in [0.25, 0.3) is 0 Å². The number of nitrogen functional groups attached to an aromatic ring is 1. The van der Waals surface area contributed by atoms with Crippen molar-refractivity contribution in [3.63, 3.8) is 0 Å². The van der Waals surface area contributed by atoms with Crippen LogP contribution in [0.5, 0.6) is 5.75 Å². The Hall–Kier alpha value is -4.01. The number of hydrogen-bond acceptors (Lipinski definition) is 8. The number of halogens is 1. The van der Waals surface area contributed by atoms with Gasteiger partial charge < -0.3 is 30.9 Å². The van der Waals surface area contributed by atoms with E-state index in [1.165, 1.54) is 5.69 Å². The summed E-state index contributed by atoms with van der Waals surface area (Å²) in [5.74, 6) is 1.43. The maximum absolute atomic E-state index is 6.41. The Kier molecular flexibility index (Phi) is 7.81. The van der Waals surface area contributed by atoms with Crippen molar-refractivity contribution in [3.05, 3.63) is 89.1 Å². The molecule has 1 aliphatic rings. The molecule has 0 saturated carbocycles. The van der Waals surface area contributed by atoms with Gasteiger partial charge in [-0.1, -0.05) is 35.9 Å². The smallest absolute Gasteiger partial charge is 0.229 e. The van der Waals surface area contributed by atoms with E-state index in [4.69, 9.17) is 27.1 Å². The Morgan fingerprint density at radius 1 is 0.947 bits per heavy atom. The summed E-state index contributed by atoms with van der Waals surface area (Å²) in [5.41, 5.74) is 11.6. The first kappa shape index (κ1) is 25.6. The zero-order valence-electron chi connectivity index (χ0n) is 21.6. The van der Waals surface area contributed by atoms with Gasteiger partial charge in [-0.25, -0.2) is 4.98 Å². The van der Waals surface area contributed by atoms with Crippen molar-refractivity contribution >= 4 is 46.1 Å². The van der Waals surface area contributed by atoms with Crippen molar-refractivity contribution in [2.75, 3.05) is 54.5 Å². The minimum atomic E-state index is 0.286. The van der Waals surface area contributed by atoms with Crippen LogP contribution < -0.4 is 26.0 Å². The van der Waals surface area contributed by atoms with Gasteiger partial charge in [0.2, 0.25) is 5.95 Å². The summed E-state index contributed by atoms with van der Waals surface area (Å²) in [6.07, 6.45) is 1.65. The predicted octanol–water partition coefficient (Wildman–Crippen LogP) is 5.84. The van der Waals surface area contributed by atoms with Crippen LogP contribution in [-0.4, -0.2) is 48.1 Å². The van der Waals surface area contributed by atoms with Gasteiger partial charge in [-0.2, -0.15) is 4.98 Å². The maximum Gasteiger partial charge on any atom is 0.229 e. The fourth-order valence-corrected chi connectivity index (χ4v) is 4.59. The van der Waals surface area contributed by atoms with E-state index in [0.717, 1.165) is 48.7 Å². The molecule has 0 spiro atoms. The molecular weight excluding hydrogens is 498 g/mol. The zero-order chi connectivity index (χ0) is 26.5. The summed E-state index contributed by atoms with van der Waals surface area (Å²) in [6.45, 7) is 6.49. The highest BCUT2D eigenvalue weighted by atomic mass is 35.5. The zero-order valence-corrected chi connectivity index (χ0v) is 22.4. The molecule has 2 heterocycles. The van der Waals surface area contributed by atoms with E-state index in [1.54, 1.807) is 6.20 Å². The molecule has 1 fully saturated rings. The number of nitrogens with two attached hydrogens (primary N) is 1. The second-order valence-corrected chi connectivity index (χ2v) is 9.81. The molecule has 4 aromatic rings. The van der Waals surface area contributed by atoms with E-state index in [0.29, 0.717) is 28.2 Å². The molecule has 4 N–H and O–H groups in total. The summed E-state index contributed by atoms with van der Waals surface area (Å²) < 4.78 is 6.14. The van der Waals surface area contributed by atoms with Gasteiger partial charge in [0.15, 0.2) is 11.6 Å².